The standard InChI is InChI=1S/C15H15S/c1-2-16-15(13-9-5-3-6-10-13)14-11-7-4-8-12-14/h3-12,15H,1-2H2. The summed E-state index contributed by atoms with van der Waals surface area (Å²) in [5, 5.41) is 0.403. The molecule has 0 aliphatic rings. The van der Waals surface area contributed by atoms with Crippen molar-refractivity contribution >= 4 is 11.8 Å². The Morgan fingerprint density at radius 1 is 0.812 bits per heavy atom. The first kappa shape index (κ1) is 11.3. The van der Waals surface area contributed by atoms with Gasteiger partial charge in [0, 0.05) is 0 Å². The van der Waals surface area contributed by atoms with E-state index < -0.39 is 0 Å². The van der Waals surface area contributed by atoms with Crippen LogP contribution in [0.5, 0.6) is 0 Å². The van der Waals surface area contributed by atoms with Crippen molar-refractivity contribution in [3.8, 4) is 0 Å². The first-order valence-electron chi connectivity index (χ1n) is 5.42. The first-order chi connectivity index (χ1) is 7.92. The van der Waals surface area contributed by atoms with Gasteiger partial charge in [0.25, 0.3) is 0 Å². The van der Waals surface area contributed by atoms with E-state index in [1.807, 2.05) is 11.8 Å². The zero-order valence-electron chi connectivity index (χ0n) is 9.17. The monoisotopic (exact) mass is 227 g/mol. The predicted molar refractivity (Wildman–Crippen MR) is 72.5 cm³/mol. The fourth-order valence-corrected chi connectivity index (χ4v) is 2.69. The third kappa shape index (κ3) is 2.67. The summed E-state index contributed by atoms with van der Waals surface area (Å²) in [5.74, 6) is 0.883. The Kier molecular flexibility index (Phi) is 4.06. The molecule has 0 saturated carbocycles. The second kappa shape index (κ2) is 5.76. The van der Waals surface area contributed by atoms with E-state index in [9.17, 15) is 0 Å². The van der Waals surface area contributed by atoms with Crippen LogP contribution in [0.1, 0.15) is 16.4 Å². The van der Waals surface area contributed by atoms with Crippen LogP contribution in [0.4, 0.5) is 0 Å². The zero-order chi connectivity index (χ0) is 11.2. The van der Waals surface area contributed by atoms with Crippen LogP contribution in [0.2, 0.25) is 0 Å². The molecule has 0 aliphatic carbocycles. The molecule has 2 aromatic carbocycles. The molecule has 1 radical (unpaired) electrons. The van der Waals surface area contributed by atoms with Gasteiger partial charge in [0.15, 0.2) is 0 Å². The second-order valence-electron chi connectivity index (χ2n) is 3.57. The lowest BCUT2D eigenvalue weighted by Crippen LogP contribution is -1.96. The molecule has 0 amide bonds. The van der Waals surface area contributed by atoms with E-state index in [2.05, 4.69) is 67.6 Å². The molecule has 2 rings (SSSR count). The van der Waals surface area contributed by atoms with E-state index in [1.54, 1.807) is 0 Å². The maximum atomic E-state index is 3.94. The lowest BCUT2D eigenvalue weighted by Gasteiger charge is -2.16. The SMILES string of the molecule is [CH2]CSC(c1ccccc1)c1ccccc1. The molecule has 1 heteroatoms. The van der Waals surface area contributed by atoms with Crippen LogP contribution in [0.15, 0.2) is 60.7 Å². The molecule has 0 unspecified atom stereocenters. The summed E-state index contributed by atoms with van der Waals surface area (Å²) >= 11 is 1.87. The number of thioether (sulfide) groups is 1. The zero-order valence-corrected chi connectivity index (χ0v) is 9.99. The van der Waals surface area contributed by atoms with Crippen molar-refractivity contribution in [1.82, 2.24) is 0 Å². The Morgan fingerprint density at radius 2 is 1.25 bits per heavy atom. The molecule has 0 atom stereocenters. The Labute approximate surface area is 102 Å². The van der Waals surface area contributed by atoms with Crippen LogP contribution in [-0.4, -0.2) is 5.75 Å². The minimum atomic E-state index is 0.403. The molecule has 16 heavy (non-hydrogen) atoms. The molecule has 0 saturated heterocycles. The van der Waals surface area contributed by atoms with Gasteiger partial charge in [-0.2, -0.15) is 0 Å². The summed E-state index contributed by atoms with van der Waals surface area (Å²) in [6.45, 7) is 3.94. The Hall–Kier alpha value is -1.21. The minimum Gasteiger partial charge on any atom is -0.149 e. The topological polar surface area (TPSA) is 0 Å². The molecule has 0 fully saturated rings. The van der Waals surface area contributed by atoms with Crippen molar-refractivity contribution in [2.45, 2.75) is 5.25 Å². The van der Waals surface area contributed by atoms with Gasteiger partial charge in [-0.25, -0.2) is 0 Å². The molecular formula is C15H15S. The lowest BCUT2D eigenvalue weighted by molar-refractivity contribution is 1.16. The van der Waals surface area contributed by atoms with Crippen LogP contribution < -0.4 is 0 Å². The van der Waals surface area contributed by atoms with Gasteiger partial charge >= 0.3 is 0 Å². The Bertz CT molecular complexity index is 368. The van der Waals surface area contributed by atoms with Crippen molar-refractivity contribution in [1.29, 1.82) is 0 Å². The van der Waals surface area contributed by atoms with Gasteiger partial charge in [-0.1, -0.05) is 60.7 Å². The van der Waals surface area contributed by atoms with Gasteiger partial charge in [-0.15, -0.1) is 11.8 Å². The maximum Gasteiger partial charge on any atom is 0.0546 e. The smallest absolute Gasteiger partial charge is 0.0546 e. The average Bonchev–Trinajstić information content (AvgIpc) is 2.38. The van der Waals surface area contributed by atoms with E-state index in [4.69, 9.17) is 0 Å². The van der Waals surface area contributed by atoms with Gasteiger partial charge < -0.3 is 0 Å². The number of hydrogen-bond donors (Lipinski definition) is 0. The summed E-state index contributed by atoms with van der Waals surface area (Å²) in [4.78, 5) is 0. The molecule has 81 valence electrons. The van der Waals surface area contributed by atoms with Crippen LogP contribution in [0, 0.1) is 6.92 Å². The van der Waals surface area contributed by atoms with Gasteiger partial charge in [0.1, 0.15) is 0 Å². The average molecular weight is 227 g/mol. The van der Waals surface area contributed by atoms with Crippen molar-refractivity contribution < 1.29 is 0 Å². The summed E-state index contributed by atoms with van der Waals surface area (Å²) in [6, 6.07) is 21.2. The van der Waals surface area contributed by atoms with Gasteiger partial charge in [-0.05, 0) is 23.8 Å². The molecule has 0 heterocycles. The quantitative estimate of drug-likeness (QED) is 0.748. The highest BCUT2D eigenvalue weighted by atomic mass is 32.2. The minimum absolute atomic E-state index is 0.403. The van der Waals surface area contributed by atoms with Gasteiger partial charge in [0.05, 0.1) is 5.25 Å². The summed E-state index contributed by atoms with van der Waals surface area (Å²) in [6.07, 6.45) is 0. The van der Waals surface area contributed by atoms with Crippen molar-refractivity contribution in [2.24, 2.45) is 0 Å². The first-order valence-corrected chi connectivity index (χ1v) is 6.47. The van der Waals surface area contributed by atoms with Crippen LogP contribution in [-0.2, 0) is 0 Å². The second-order valence-corrected chi connectivity index (χ2v) is 4.79. The fraction of sp³-hybridized carbons (Fsp3) is 0.133. The van der Waals surface area contributed by atoms with Crippen LogP contribution in [0.3, 0.4) is 0 Å². The molecule has 0 spiro atoms. The van der Waals surface area contributed by atoms with E-state index in [0.29, 0.717) is 5.25 Å². The van der Waals surface area contributed by atoms with E-state index in [0.717, 1.165) is 5.75 Å². The third-order valence-electron chi connectivity index (χ3n) is 2.49. The third-order valence-corrected chi connectivity index (χ3v) is 3.60. The fourth-order valence-electron chi connectivity index (χ4n) is 1.76. The molecule has 0 nitrogen and oxygen atoms in total. The van der Waals surface area contributed by atoms with Crippen LogP contribution in [0.25, 0.3) is 0 Å². The van der Waals surface area contributed by atoms with Crippen LogP contribution >= 0.6 is 11.8 Å². The molecule has 0 aliphatic heterocycles. The van der Waals surface area contributed by atoms with E-state index >= 15 is 0 Å². The highest BCUT2D eigenvalue weighted by Crippen LogP contribution is 2.34. The highest BCUT2D eigenvalue weighted by Gasteiger charge is 2.12. The van der Waals surface area contributed by atoms with E-state index in [-0.39, 0.29) is 0 Å². The molecular weight excluding hydrogens is 212 g/mol. The largest absolute Gasteiger partial charge is 0.149 e. The Morgan fingerprint density at radius 3 is 1.62 bits per heavy atom. The number of rotatable bonds is 4. The molecule has 0 aromatic heterocycles. The van der Waals surface area contributed by atoms with Crippen molar-refractivity contribution in [3.63, 3.8) is 0 Å². The summed E-state index contributed by atoms with van der Waals surface area (Å²) < 4.78 is 0. The number of hydrogen-bond acceptors (Lipinski definition) is 1. The summed E-state index contributed by atoms with van der Waals surface area (Å²) in [5.41, 5.74) is 2.70. The predicted octanol–water partition coefficient (Wildman–Crippen LogP) is 4.34. The lowest BCUT2D eigenvalue weighted by atomic mass is 10.0. The molecule has 0 N–H and O–H groups in total. The molecule has 2 aromatic rings. The van der Waals surface area contributed by atoms with Crippen molar-refractivity contribution in [3.05, 3.63) is 78.7 Å². The van der Waals surface area contributed by atoms with Gasteiger partial charge in [-0.3, -0.25) is 0 Å². The van der Waals surface area contributed by atoms with Gasteiger partial charge in [0.2, 0.25) is 0 Å². The normalized spacial score (nSPS) is 10.6. The summed E-state index contributed by atoms with van der Waals surface area (Å²) in [7, 11) is 0. The maximum absolute atomic E-state index is 3.94. The van der Waals surface area contributed by atoms with Crippen molar-refractivity contribution in [2.75, 3.05) is 5.75 Å². The molecule has 0 bridgehead atoms. The van der Waals surface area contributed by atoms with E-state index in [1.165, 1.54) is 11.1 Å². The number of benzene rings is 2. The Balaban J connectivity index is 2.31. The highest BCUT2D eigenvalue weighted by molar-refractivity contribution is 7.99.